The summed E-state index contributed by atoms with van der Waals surface area (Å²) in [7, 11) is 0. The zero-order valence-electron chi connectivity index (χ0n) is 14.9. The maximum Gasteiger partial charge on any atom is 0.227 e. The van der Waals surface area contributed by atoms with Crippen LogP contribution in [-0.2, 0) is 9.59 Å². The molecule has 0 spiro atoms. The van der Waals surface area contributed by atoms with Gasteiger partial charge in [0.1, 0.15) is 0 Å². The highest BCUT2D eigenvalue weighted by atomic mass is 16.2. The van der Waals surface area contributed by atoms with E-state index in [1.807, 2.05) is 12.1 Å². The molecule has 0 saturated heterocycles. The van der Waals surface area contributed by atoms with Crippen LogP contribution in [0.15, 0.2) is 24.5 Å². The largest absolute Gasteiger partial charge is 0.356 e. The number of carbonyl (C=O) groups excluding carboxylic acids is 2. The summed E-state index contributed by atoms with van der Waals surface area (Å²) in [6, 6.07) is 3.62. The molecule has 1 heterocycles. The van der Waals surface area contributed by atoms with Crippen molar-refractivity contribution in [2.24, 2.45) is 17.8 Å². The van der Waals surface area contributed by atoms with Gasteiger partial charge in [0.2, 0.25) is 11.8 Å². The molecular formula is C20H29N3O2. The van der Waals surface area contributed by atoms with E-state index in [0.29, 0.717) is 5.92 Å². The number of rotatable bonds is 5. The molecule has 136 valence electrons. The van der Waals surface area contributed by atoms with E-state index in [-0.39, 0.29) is 23.7 Å². The Morgan fingerprint density at radius 1 is 0.880 bits per heavy atom. The maximum absolute atomic E-state index is 12.3. The molecule has 2 amide bonds. The number of nitrogens with zero attached hydrogens (tertiary/aromatic N) is 1. The fourth-order valence-corrected chi connectivity index (χ4v) is 4.06. The summed E-state index contributed by atoms with van der Waals surface area (Å²) in [6.07, 6.45) is 13.0. The summed E-state index contributed by atoms with van der Waals surface area (Å²) in [5.41, 5.74) is 0.807. The van der Waals surface area contributed by atoms with Gasteiger partial charge in [-0.3, -0.25) is 14.6 Å². The van der Waals surface area contributed by atoms with Crippen molar-refractivity contribution in [2.45, 2.75) is 57.8 Å². The monoisotopic (exact) mass is 343 g/mol. The Hall–Kier alpha value is -1.91. The lowest BCUT2D eigenvalue weighted by Crippen LogP contribution is -2.37. The Morgan fingerprint density at radius 3 is 2.20 bits per heavy atom. The second-order valence-electron chi connectivity index (χ2n) is 7.52. The Bertz CT molecular complexity index is 562. The third-order valence-corrected chi connectivity index (χ3v) is 5.71. The predicted molar refractivity (Wildman–Crippen MR) is 97.9 cm³/mol. The van der Waals surface area contributed by atoms with Crippen molar-refractivity contribution >= 4 is 17.5 Å². The van der Waals surface area contributed by atoms with Crippen LogP contribution in [-0.4, -0.2) is 23.3 Å². The third kappa shape index (κ3) is 5.28. The molecule has 0 bridgehead atoms. The van der Waals surface area contributed by atoms with E-state index in [0.717, 1.165) is 50.8 Å². The number of aromatic nitrogens is 1. The summed E-state index contributed by atoms with van der Waals surface area (Å²) in [6.45, 7) is 0.772. The molecule has 5 nitrogen and oxygen atoms in total. The number of pyridine rings is 1. The van der Waals surface area contributed by atoms with Gasteiger partial charge in [-0.05, 0) is 56.6 Å². The van der Waals surface area contributed by atoms with Gasteiger partial charge in [0.15, 0.2) is 0 Å². The minimum Gasteiger partial charge on any atom is -0.356 e. The minimum absolute atomic E-state index is 0.0819. The molecule has 0 radical (unpaired) electrons. The summed E-state index contributed by atoms with van der Waals surface area (Å²) in [5.74, 6) is 1.18. The van der Waals surface area contributed by atoms with Crippen LogP contribution in [0.2, 0.25) is 0 Å². The molecule has 0 aliphatic heterocycles. The minimum atomic E-state index is 0.0819. The fraction of sp³-hybridized carbons (Fsp3) is 0.650. The average molecular weight is 343 g/mol. The molecular weight excluding hydrogens is 314 g/mol. The molecule has 25 heavy (non-hydrogen) atoms. The molecule has 3 rings (SSSR count). The third-order valence-electron chi connectivity index (χ3n) is 5.71. The second-order valence-corrected chi connectivity index (χ2v) is 7.52. The number of hydrogen-bond acceptors (Lipinski definition) is 3. The molecule has 1 aromatic heterocycles. The van der Waals surface area contributed by atoms with Crippen molar-refractivity contribution in [1.29, 1.82) is 0 Å². The van der Waals surface area contributed by atoms with Crippen molar-refractivity contribution in [2.75, 3.05) is 11.9 Å². The predicted octanol–water partition coefficient (Wildman–Crippen LogP) is 3.52. The molecule has 0 atom stereocenters. The van der Waals surface area contributed by atoms with Crippen LogP contribution >= 0.6 is 0 Å². The molecule has 2 saturated carbocycles. The van der Waals surface area contributed by atoms with Crippen LogP contribution < -0.4 is 10.6 Å². The van der Waals surface area contributed by atoms with Crippen molar-refractivity contribution in [3.8, 4) is 0 Å². The average Bonchev–Trinajstić information content (AvgIpc) is 2.68. The lowest BCUT2D eigenvalue weighted by molar-refractivity contribution is -0.126. The molecule has 0 aromatic carbocycles. The van der Waals surface area contributed by atoms with Gasteiger partial charge < -0.3 is 10.6 Å². The van der Waals surface area contributed by atoms with Gasteiger partial charge in [-0.1, -0.05) is 19.3 Å². The normalized spacial score (nSPS) is 24.5. The smallest absolute Gasteiger partial charge is 0.227 e. The summed E-state index contributed by atoms with van der Waals surface area (Å²) in [5, 5.41) is 6.13. The van der Waals surface area contributed by atoms with E-state index in [2.05, 4.69) is 15.6 Å². The van der Waals surface area contributed by atoms with Crippen molar-refractivity contribution in [3.63, 3.8) is 0 Å². The van der Waals surface area contributed by atoms with E-state index < -0.39 is 0 Å². The summed E-state index contributed by atoms with van der Waals surface area (Å²) in [4.78, 5) is 28.5. The first-order valence-electron chi connectivity index (χ1n) is 9.71. The number of carbonyl (C=O) groups is 2. The summed E-state index contributed by atoms with van der Waals surface area (Å²) < 4.78 is 0. The van der Waals surface area contributed by atoms with Crippen LogP contribution in [0.5, 0.6) is 0 Å². The van der Waals surface area contributed by atoms with Gasteiger partial charge >= 0.3 is 0 Å². The van der Waals surface area contributed by atoms with E-state index in [9.17, 15) is 9.59 Å². The molecule has 0 unspecified atom stereocenters. The highest BCUT2D eigenvalue weighted by Gasteiger charge is 2.27. The van der Waals surface area contributed by atoms with Crippen LogP contribution in [0, 0.1) is 17.8 Å². The molecule has 2 fully saturated rings. The first kappa shape index (κ1) is 17.9. The van der Waals surface area contributed by atoms with Gasteiger partial charge in [-0.25, -0.2) is 0 Å². The van der Waals surface area contributed by atoms with Crippen molar-refractivity contribution in [3.05, 3.63) is 24.5 Å². The quantitative estimate of drug-likeness (QED) is 0.859. The van der Waals surface area contributed by atoms with Crippen LogP contribution in [0.3, 0.4) is 0 Å². The molecule has 5 heteroatoms. The van der Waals surface area contributed by atoms with Gasteiger partial charge in [0.05, 0.1) is 0 Å². The lowest BCUT2D eigenvalue weighted by Gasteiger charge is -2.29. The van der Waals surface area contributed by atoms with E-state index in [1.54, 1.807) is 12.4 Å². The van der Waals surface area contributed by atoms with E-state index in [4.69, 9.17) is 0 Å². The van der Waals surface area contributed by atoms with Crippen molar-refractivity contribution in [1.82, 2.24) is 10.3 Å². The second kappa shape index (κ2) is 8.97. The van der Waals surface area contributed by atoms with Crippen LogP contribution in [0.1, 0.15) is 57.8 Å². The SMILES string of the molecule is O=C(NCC1CCC(C(=O)Nc2ccncc2)CC1)C1CCCCC1. The number of anilines is 1. The fourth-order valence-electron chi connectivity index (χ4n) is 4.06. The number of hydrogen-bond donors (Lipinski definition) is 2. The van der Waals surface area contributed by atoms with Crippen LogP contribution in [0.4, 0.5) is 5.69 Å². The Kier molecular flexibility index (Phi) is 6.42. The molecule has 2 aliphatic rings. The molecule has 2 N–H and O–H groups in total. The standard InChI is InChI=1S/C20H29N3O2/c24-19(16-4-2-1-3-5-16)22-14-15-6-8-17(9-7-15)20(25)23-18-10-12-21-13-11-18/h10-13,15-17H,1-9,14H2,(H,22,24)(H,21,23,25). The topological polar surface area (TPSA) is 71.1 Å². The van der Waals surface area contributed by atoms with Gasteiger partial charge in [0, 0.05) is 36.5 Å². The van der Waals surface area contributed by atoms with Crippen LogP contribution in [0.25, 0.3) is 0 Å². The Morgan fingerprint density at radius 2 is 1.52 bits per heavy atom. The lowest BCUT2D eigenvalue weighted by atomic mass is 9.81. The van der Waals surface area contributed by atoms with E-state index >= 15 is 0 Å². The van der Waals surface area contributed by atoms with Gasteiger partial charge in [0.25, 0.3) is 0 Å². The number of nitrogens with one attached hydrogen (secondary N) is 2. The number of amides is 2. The van der Waals surface area contributed by atoms with E-state index in [1.165, 1.54) is 19.3 Å². The first-order valence-corrected chi connectivity index (χ1v) is 9.71. The zero-order chi connectivity index (χ0) is 17.5. The molecule has 2 aliphatic carbocycles. The Labute approximate surface area is 150 Å². The summed E-state index contributed by atoms with van der Waals surface area (Å²) >= 11 is 0. The highest BCUT2D eigenvalue weighted by molar-refractivity contribution is 5.92. The van der Waals surface area contributed by atoms with Gasteiger partial charge in [-0.15, -0.1) is 0 Å². The van der Waals surface area contributed by atoms with Gasteiger partial charge in [-0.2, -0.15) is 0 Å². The highest BCUT2D eigenvalue weighted by Crippen LogP contribution is 2.30. The van der Waals surface area contributed by atoms with Crippen molar-refractivity contribution < 1.29 is 9.59 Å². The molecule has 1 aromatic rings. The first-order chi connectivity index (χ1) is 12.2. The Balaban J connectivity index is 1.36. The maximum atomic E-state index is 12.3. The zero-order valence-corrected chi connectivity index (χ0v) is 14.9.